The van der Waals surface area contributed by atoms with Crippen molar-refractivity contribution in [3.8, 4) is 0 Å². The summed E-state index contributed by atoms with van der Waals surface area (Å²) >= 11 is 0. The van der Waals surface area contributed by atoms with Gasteiger partial charge >= 0.3 is 5.97 Å². The van der Waals surface area contributed by atoms with Gasteiger partial charge in [0.05, 0.1) is 18.7 Å². The normalized spacial score (nSPS) is 14.2. The fourth-order valence-electron chi connectivity index (χ4n) is 4.60. The van der Waals surface area contributed by atoms with E-state index in [-0.39, 0.29) is 19.3 Å². The lowest BCUT2D eigenvalue weighted by atomic mass is 9.99. The molecule has 9 N–H and O–H groups in total. The van der Waals surface area contributed by atoms with E-state index in [0.29, 0.717) is 11.4 Å². The van der Waals surface area contributed by atoms with Crippen LogP contribution in [0.5, 0.6) is 0 Å². The number of aliphatic carboxylic acids is 1. The molecule has 1 aromatic carbocycles. The minimum atomic E-state index is -1.25. The molecule has 4 rings (SSSR count). The SMILES string of the molecule is CC(C)C(NC(=O)C(Cc1c[nH]c2ccccc12)NC(=O)C(N)Cc1cnc[nH]1)C(=O)NC(Cc1cnc[nH]1)C(=O)O. The summed E-state index contributed by atoms with van der Waals surface area (Å²) in [5.41, 5.74) is 8.97. The Hall–Kier alpha value is -4.98. The summed E-state index contributed by atoms with van der Waals surface area (Å²) in [7, 11) is 0. The first-order valence-electron chi connectivity index (χ1n) is 13.5. The van der Waals surface area contributed by atoms with Gasteiger partial charge in [0, 0.05) is 60.1 Å². The number of hydrogen-bond donors (Lipinski definition) is 8. The number of H-pyrrole nitrogens is 3. The van der Waals surface area contributed by atoms with Gasteiger partial charge in [0.2, 0.25) is 17.7 Å². The predicted octanol–water partition coefficient (Wildman–Crippen LogP) is 0.164. The number of aromatic nitrogens is 5. The molecule has 3 heterocycles. The van der Waals surface area contributed by atoms with Crippen LogP contribution in [0.4, 0.5) is 0 Å². The molecule has 0 aliphatic rings. The molecule has 0 saturated carbocycles. The maximum atomic E-state index is 13.7. The summed E-state index contributed by atoms with van der Waals surface area (Å²) in [6, 6.07) is 3.16. The molecule has 0 fully saturated rings. The Morgan fingerprint density at radius 3 is 2.10 bits per heavy atom. The molecule has 0 spiro atoms. The van der Waals surface area contributed by atoms with E-state index in [1.807, 2.05) is 24.3 Å². The number of carboxylic acid groups (broad SMARTS) is 1. The highest BCUT2D eigenvalue weighted by atomic mass is 16.4. The number of carboxylic acids is 1. The molecule has 4 unspecified atom stereocenters. The summed E-state index contributed by atoms with van der Waals surface area (Å²) in [4.78, 5) is 68.6. The van der Waals surface area contributed by atoms with E-state index in [0.717, 1.165) is 16.5 Å². The second kappa shape index (κ2) is 13.6. The number of hydrogen-bond acceptors (Lipinski definition) is 7. The van der Waals surface area contributed by atoms with Crippen molar-refractivity contribution < 1.29 is 24.3 Å². The second-order valence-electron chi connectivity index (χ2n) is 10.4. The largest absolute Gasteiger partial charge is 0.480 e. The van der Waals surface area contributed by atoms with Gasteiger partial charge in [-0.2, -0.15) is 0 Å². The number of para-hydroxylation sites is 1. The van der Waals surface area contributed by atoms with Crippen LogP contribution in [-0.2, 0) is 38.4 Å². The van der Waals surface area contributed by atoms with Crippen molar-refractivity contribution in [1.82, 2.24) is 40.9 Å². The average molecular weight is 578 g/mol. The van der Waals surface area contributed by atoms with E-state index in [9.17, 15) is 24.3 Å². The molecule has 0 aliphatic heterocycles. The number of fused-ring (bicyclic) bond motifs is 1. The van der Waals surface area contributed by atoms with Crippen molar-refractivity contribution in [1.29, 1.82) is 0 Å². The van der Waals surface area contributed by atoms with E-state index >= 15 is 0 Å². The lowest BCUT2D eigenvalue weighted by Gasteiger charge is -2.27. The van der Waals surface area contributed by atoms with Crippen molar-refractivity contribution in [2.45, 2.75) is 57.3 Å². The molecule has 0 aliphatic carbocycles. The molecule has 222 valence electrons. The smallest absolute Gasteiger partial charge is 0.326 e. The van der Waals surface area contributed by atoms with Crippen molar-refractivity contribution in [3.63, 3.8) is 0 Å². The minimum absolute atomic E-state index is 0.0205. The number of rotatable bonds is 14. The van der Waals surface area contributed by atoms with Crippen LogP contribution in [0, 0.1) is 5.92 Å². The minimum Gasteiger partial charge on any atom is -0.480 e. The van der Waals surface area contributed by atoms with Crippen LogP contribution in [0.2, 0.25) is 0 Å². The molecule has 4 atom stereocenters. The highest BCUT2D eigenvalue weighted by Gasteiger charge is 2.32. The Morgan fingerprint density at radius 1 is 0.833 bits per heavy atom. The summed E-state index contributed by atoms with van der Waals surface area (Å²) in [6.07, 6.45) is 7.96. The van der Waals surface area contributed by atoms with E-state index in [4.69, 9.17) is 5.73 Å². The molecule has 42 heavy (non-hydrogen) atoms. The van der Waals surface area contributed by atoms with E-state index in [1.165, 1.54) is 18.9 Å². The predicted molar refractivity (Wildman–Crippen MR) is 153 cm³/mol. The molecule has 0 saturated heterocycles. The van der Waals surface area contributed by atoms with Gasteiger partial charge in [-0.15, -0.1) is 0 Å². The molecular weight excluding hydrogens is 542 g/mol. The topological polar surface area (TPSA) is 224 Å². The summed E-state index contributed by atoms with van der Waals surface area (Å²) in [5, 5.41) is 18.5. The quantitative estimate of drug-likeness (QED) is 0.103. The fraction of sp³-hybridized carbons (Fsp3) is 0.357. The van der Waals surface area contributed by atoms with E-state index < -0.39 is 53.8 Å². The number of imidazole rings is 2. The molecule has 3 aromatic heterocycles. The zero-order valence-electron chi connectivity index (χ0n) is 23.3. The number of amides is 3. The number of nitrogens with zero attached hydrogens (tertiary/aromatic N) is 2. The Bertz CT molecular complexity index is 1500. The van der Waals surface area contributed by atoms with Crippen LogP contribution in [0.1, 0.15) is 30.8 Å². The van der Waals surface area contributed by atoms with Crippen molar-refractivity contribution >= 4 is 34.6 Å². The van der Waals surface area contributed by atoms with E-state index in [2.05, 4.69) is 40.9 Å². The number of carbonyl (C=O) groups is 4. The molecule has 0 bridgehead atoms. The third-order valence-corrected chi connectivity index (χ3v) is 6.90. The molecule has 4 aromatic rings. The number of aromatic amines is 3. The van der Waals surface area contributed by atoms with Crippen molar-refractivity contribution in [3.05, 3.63) is 72.5 Å². The summed E-state index contributed by atoms with van der Waals surface area (Å²) < 4.78 is 0. The highest BCUT2D eigenvalue weighted by molar-refractivity contribution is 5.95. The maximum absolute atomic E-state index is 13.7. The fourth-order valence-corrected chi connectivity index (χ4v) is 4.60. The van der Waals surface area contributed by atoms with Gasteiger partial charge in [-0.1, -0.05) is 32.0 Å². The molecule has 3 amide bonds. The van der Waals surface area contributed by atoms with Gasteiger partial charge in [-0.05, 0) is 17.5 Å². The van der Waals surface area contributed by atoms with Crippen LogP contribution < -0.4 is 21.7 Å². The van der Waals surface area contributed by atoms with E-state index in [1.54, 1.807) is 26.2 Å². The maximum Gasteiger partial charge on any atom is 0.326 e. The summed E-state index contributed by atoms with van der Waals surface area (Å²) in [5.74, 6) is -3.47. The van der Waals surface area contributed by atoms with Crippen LogP contribution >= 0.6 is 0 Å². The number of nitrogens with one attached hydrogen (secondary N) is 6. The van der Waals surface area contributed by atoms with Gasteiger partial charge < -0.3 is 41.7 Å². The third-order valence-electron chi connectivity index (χ3n) is 6.90. The standard InChI is InChI=1S/C28H35N9O5/c1-15(2)24(27(40)36-23(28(41)42)9-18-12-31-14-34-18)37-26(39)22(7-16-10-32-21-6-4-3-5-19(16)21)35-25(38)20(29)8-17-11-30-13-33-17/h3-6,10-15,20,22-24,32H,7-9,29H2,1-2H3,(H,30,33)(H,31,34)(H,35,38)(H,36,40)(H,37,39)(H,41,42). The lowest BCUT2D eigenvalue weighted by Crippen LogP contribution is -2.59. The Balaban J connectivity index is 1.51. The van der Waals surface area contributed by atoms with Gasteiger partial charge in [0.15, 0.2) is 0 Å². The van der Waals surface area contributed by atoms with Crippen LogP contribution in [0.3, 0.4) is 0 Å². The molecule has 14 nitrogen and oxygen atoms in total. The van der Waals surface area contributed by atoms with Gasteiger partial charge in [-0.25, -0.2) is 14.8 Å². The second-order valence-corrected chi connectivity index (χ2v) is 10.4. The zero-order chi connectivity index (χ0) is 30.2. The Morgan fingerprint density at radius 2 is 1.48 bits per heavy atom. The van der Waals surface area contributed by atoms with Crippen LogP contribution in [0.15, 0.2) is 55.5 Å². The van der Waals surface area contributed by atoms with Gasteiger partial charge in [0.25, 0.3) is 0 Å². The first-order chi connectivity index (χ1) is 20.1. The monoisotopic (exact) mass is 577 g/mol. The number of carbonyl (C=O) groups excluding carboxylic acids is 3. The number of benzene rings is 1. The first kappa shape index (κ1) is 30.0. The molecular formula is C28H35N9O5. The van der Waals surface area contributed by atoms with Crippen LogP contribution in [0.25, 0.3) is 10.9 Å². The lowest BCUT2D eigenvalue weighted by molar-refractivity contribution is -0.142. The Labute approximate surface area is 241 Å². The Kier molecular flexibility index (Phi) is 9.70. The van der Waals surface area contributed by atoms with Crippen molar-refractivity contribution in [2.75, 3.05) is 0 Å². The van der Waals surface area contributed by atoms with Crippen molar-refractivity contribution in [2.24, 2.45) is 11.7 Å². The highest BCUT2D eigenvalue weighted by Crippen LogP contribution is 2.19. The zero-order valence-corrected chi connectivity index (χ0v) is 23.3. The molecule has 14 heteroatoms. The average Bonchev–Trinajstić information content (AvgIpc) is 3.74. The van der Waals surface area contributed by atoms with Gasteiger partial charge in [0.1, 0.15) is 18.1 Å². The first-order valence-corrected chi connectivity index (χ1v) is 13.5. The molecule has 0 radical (unpaired) electrons. The van der Waals surface area contributed by atoms with Crippen LogP contribution in [-0.4, -0.2) is 77.9 Å². The summed E-state index contributed by atoms with van der Waals surface area (Å²) in [6.45, 7) is 3.45. The number of nitrogens with two attached hydrogens (primary N) is 1. The third kappa shape index (κ3) is 7.60. The van der Waals surface area contributed by atoms with Gasteiger partial charge in [-0.3, -0.25) is 14.4 Å².